The number of carbonyl (C=O) groups is 1. The summed E-state index contributed by atoms with van der Waals surface area (Å²) in [4.78, 5) is 15.7. The normalized spacial score (nSPS) is 10.1. The fourth-order valence-corrected chi connectivity index (χ4v) is 1.84. The van der Waals surface area contributed by atoms with Crippen molar-refractivity contribution in [1.29, 1.82) is 0 Å². The van der Waals surface area contributed by atoms with Crippen LogP contribution in [0.1, 0.15) is 10.4 Å². The Morgan fingerprint density at radius 1 is 1.28 bits per heavy atom. The Morgan fingerprint density at radius 2 is 1.94 bits per heavy atom. The fourth-order valence-electron chi connectivity index (χ4n) is 1.36. The lowest BCUT2D eigenvalue weighted by Crippen LogP contribution is -2.12. The number of nitrogens with one attached hydrogen (secondary N) is 1. The van der Waals surface area contributed by atoms with E-state index in [4.69, 9.17) is 28.9 Å². The van der Waals surface area contributed by atoms with Gasteiger partial charge in [0.2, 0.25) is 0 Å². The highest BCUT2D eigenvalue weighted by Gasteiger charge is 2.09. The van der Waals surface area contributed by atoms with E-state index in [1.807, 2.05) is 0 Å². The summed E-state index contributed by atoms with van der Waals surface area (Å²) in [5.41, 5.74) is 6.82. The first-order valence-corrected chi connectivity index (χ1v) is 5.79. The molecule has 0 aliphatic carbocycles. The molecule has 0 bridgehead atoms. The van der Waals surface area contributed by atoms with Crippen LogP contribution in [0, 0.1) is 0 Å². The van der Waals surface area contributed by atoms with Crippen molar-refractivity contribution in [3.8, 4) is 0 Å². The van der Waals surface area contributed by atoms with E-state index in [0.717, 1.165) is 0 Å². The molecule has 1 heterocycles. The summed E-state index contributed by atoms with van der Waals surface area (Å²) in [6, 6.07) is 6.41. The molecule has 6 heteroatoms. The second-order valence-electron chi connectivity index (χ2n) is 3.55. The van der Waals surface area contributed by atoms with Gasteiger partial charge in [-0.3, -0.25) is 9.78 Å². The minimum absolute atomic E-state index is 0.290. The SMILES string of the molecule is Nc1c(Cl)cc(NC(=O)c2cccnc2)cc1Cl. The summed E-state index contributed by atoms with van der Waals surface area (Å²) in [6.07, 6.45) is 3.06. The minimum Gasteiger partial charge on any atom is -0.396 e. The number of hydrogen-bond donors (Lipinski definition) is 2. The van der Waals surface area contributed by atoms with Gasteiger partial charge in [0.25, 0.3) is 5.91 Å². The van der Waals surface area contributed by atoms with Gasteiger partial charge in [-0.05, 0) is 24.3 Å². The van der Waals surface area contributed by atoms with Gasteiger partial charge in [-0.25, -0.2) is 0 Å². The zero-order valence-corrected chi connectivity index (χ0v) is 10.7. The molecule has 0 aliphatic rings. The third-order valence-corrected chi connectivity index (χ3v) is 2.89. The monoisotopic (exact) mass is 281 g/mol. The summed E-state index contributed by atoms with van der Waals surface area (Å²) in [6.45, 7) is 0. The molecule has 4 nitrogen and oxygen atoms in total. The largest absolute Gasteiger partial charge is 0.396 e. The number of benzene rings is 1. The Balaban J connectivity index is 2.23. The molecule has 0 saturated carbocycles. The quantitative estimate of drug-likeness (QED) is 0.831. The third-order valence-electron chi connectivity index (χ3n) is 2.26. The molecule has 2 rings (SSSR count). The smallest absolute Gasteiger partial charge is 0.257 e. The molecule has 1 aromatic heterocycles. The molecular weight excluding hydrogens is 273 g/mol. The first-order valence-electron chi connectivity index (χ1n) is 5.04. The van der Waals surface area contributed by atoms with Gasteiger partial charge >= 0.3 is 0 Å². The number of hydrogen-bond acceptors (Lipinski definition) is 3. The number of rotatable bonds is 2. The first kappa shape index (κ1) is 12.7. The Kier molecular flexibility index (Phi) is 3.69. The Labute approximate surface area is 114 Å². The van der Waals surface area contributed by atoms with Crippen LogP contribution in [0.15, 0.2) is 36.7 Å². The van der Waals surface area contributed by atoms with Crippen molar-refractivity contribution >= 4 is 40.5 Å². The highest BCUT2D eigenvalue weighted by molar-refractivity contribution is 6.39. The number of carbonyl (C=O) groups excluding carboxylic acids is 1. The highest BCUT2D eigenvalue weighted by Crippen LogP contribution is 2.31. The first-order chi connectivity index (χ1) is 8.58. The number of amides is 1. The lowest BCUT2D eigenvalue weighted by atomic mass is 10.2. The van der Waals surface area contributed by atoms with Gasteiger partial charge in [-0.15, -0.1) is 0 Å². The number of nitrogen functional groups attached to an aromatic ring is 1. The number of nitrogens with zero attached hydrogens (tertiary/aromatic N) is 1. The lowest BCUT2D eigenvalue weighted by molar-refractivity contribution is 0.102. The molecule has 0 spiro atoms. The van der Waals surface area contributed by atoms with Crippen molar-refractivity contribution < 1.29 is 4.79 Å². The number of nitrogens with two attached hydrogens (primary N) is 1. The molecule has 3 N–H and O–H groups in total. The predicted molar refractivity (Wildman–Crippen MR) is 73.1 cm³/mol. The van der Waals surface area contributed by atoms with Gasteiger partial charge in [-0.2, -0.15) is 0 Å². The van der Waals surface area contributed by atoms with Gasteiger partial charge < -0.3 is 11.1 Å². The number of anilines is 2. The second kappa shape index (κ2) is 5.25. The molecule has 2 aromatic rings. The fraction of sp³-hybridized carbons (Fsp3) is 0. The van der Waals surface area contributed by atoms with Gasteiger partial charge in [-0.1, -0.05) is 23.2 Å². The summed E-state index contributed by atoms with van der Waals surface area (Å²) in [7, 11) is 0. The van der Waals surface area contributed by atoms with E-state index in [-0.39, 0.29) is 11.6 Å². The van der Waals surface area contributed by atoms with Crippen molar-refractivity contribution in [2.45, 2.75) is 0 Å². The van der Waals surface area contributed by atoms with Gasteiger partial charge in [0, 0.05) is 18.1 Å². The van der Waals surface area contributed by atoms with Crippen LogP contribution in [0.2, 0.25) is 10.0 Å². The van der Waals surface area contributed by atoms with E-state index in [2.05, 4.69) is 10.3 Å². The van der Waals surface area contributed by atoms with Crippen molar-refractivity contribution in [3.63, 3.8) is 0 Å². The predicted octanol–water partition coefficient (Wildman–Crippen LogP) is 3.22. The molecule has 0 unspecified atom stereocenters. The van der Waals surface area contributed by atoms with E-state index in [1.165, 1.54) is 18.3 Å². The van der Waals surface area contributed by atoms with Crippen molar-refractivity contribution in [2.24, 2.45) is 0 Å². The molecule has 0 aliphatic heterocycles. The maximum Gasteiger partial charge on any atom is 0.257 e. The maximum atomic E-state index is 11.9. The van der Waals surface area contributed by atoms with Crippen molar-refractivity contribution in [3.05, 3.63) is 52.3 Å². The molecule has 0 saturated heterocycles. The van der Waals surface area contributed by atoms with Crippen LogP contribution in [0.4, 0.5) is 11.4 Å². The third kappa shape index (κ3) is 2.72. The molecule has 92 valence electrons. The van der Waals surface area contributed by atoms with Crippen LogP contribution in [-0.2, 0) is 0 Å². The van der Waals surface area contributed by atoms with E-state index in [9.17, 15) is 4.79 Å². The highest BCUT2D eigenvalue weighted by atomic mass is 35.5. The number of pyridine rings is 1. The van der Waals surface area contributed by atoms with Crippen LogP contribution >= 0.6 is 23.2 Å². The van der Waals surface area contributed by atoms with Gasteiger partial charge in [0.15, 0.2) is 0 Å². The standard InChI is InChI=1S/C12H9Cl2N3O/c13-9-4-8(5-10(14)11(9)15)17-12(18)7-2-1-3-16-6-7/h1-6H,15H2,(H,17,18). The lowest BCUT2D eigenvalue weighted by Gasteiger charge is -2.08. The average molecular weight is 282 g/mol. The van der Waals surface area contributed by atoms with Crippen LogP contribution in [-0.4, -0.2) is 10.9 Å². The summed E-state index contributed by atoms with van der Waals surface area (Å²) in [5.74, 6) is -0.292. The zero-order chi connectivity index (χ0) is 13.1. The van der Waals surface area contributed by atoms with Crippen molar-refractivity contribution in [2.75, 3.05) is 11.1 Å². The Bertz CT molecular complexity index is 564. The van der Waals surface area contributed by atoms with E-state index in [0.29, 0.717) is 21.3 Å². The Hall–Kier alpha value is -1.78. The molecule has 1 aromatic carbocycles. The van der Waals surface area contributed by atoms with Crippen LogP contribution < -0.4 is 11.1 Å². The summed E-state index contributed by atoms with van der Waals surface area (Å²) < 4.78 is 0. The minimum atomic E-state index is -0.292. The summed E-state index contributed by atoms with van der Waals surface area (Å²) in [5, 5.41) is 3.25. The van der Waals surface area contributed by atoms with Crippen LogP contribution in [0.3, 0.4) is 0 Å². The maximum absolute atomic E-state index is 11.9. The summed E-state index contributed by atoms with van der Waals surface area (Å²) >= 11 is 11.8. The van der Waals surface area contributed by atoms with Gasteiger partial charge in [0.1, 0.15) is 0 Å². The molecule has 1 amide bonds. The van der Waals surface area contributed by atoms with Crippen LogP contribution in [0.25, 0.3) is 0 Å². The topological polar surface area (TPSA) is 68.0 Å². The molecule has 0 atom stereocenters. The molecule has 18 heavy (non-hydrogen) atoms. The van der Waals surface area contributed by atoms with Crippen molar-refractivity contribution in [1.82, 2.24) is 4.98 Å². The average Bonchev–Trinajstić information content (AvgIpc) is 2.37. The number of aromatic nitrogens is 1. The van der Waals surface area contributed by atoms with Gasteiger partial charge in [0.05, 0.1) is 21.3 Å². The molecular formula is C12H9Cl2N3O. The van der Waals surface area contributed by atoms with E-state index in [1.54, 1.807) is 18.3 Å². The van der Waals surface area contributed by atoms with E-state index < -0.39 is 0 Å². The second-order valence-corrected chi connectivity index (χ2v) is 4.36. The van der Waals surface area contributed by atoms with E-state index >= 15 is 0 Å². The number of halogens is 2. The Morgan fingerprint density at radius 3 is 2.50 bits per heavy atom. The van der Waals surface area contributed by atoms with Crippen LogP contribution in [0.5, 0.6) is 0 Å². The molecule has 0 radical (unpaired) electrons. The molecule has 0 fully saturated rings. The zero-order valence-electron chi connectivity index (χ0n) is 9.15.